The number of ether oxygens (including phenoxy) is 7. The normalized spacial score (nSPS) is 52.0. The summed E-state index contributed by atoms with van der Waals surface area (Å²) in [5, 5.41) is 103. The molecule has 354 valence electrons. The molecule has 0 spiro atoms. The van der Waals surface area contributed by atoms with Crippen molar-refractivity contribution in [3.8, 4) is 0 Å². The number of aliphatic hydroxyl groups excluding tert-OH is 10. The van der Waals surface area contributed by atoms with Gasteiger partial charge in [0.2, 0.25) is 0 Å². The number of rotatable bonds is 12. The zero-order chi connectivity index (χ0) is 44.6. The number of fused-ring (bicyclic) bond motifs is 7. The summed E-state index contributed by atoms with van der Waals surface area (Å²) in [6.45, 7) is 9.89. The van der Waals surface area contributed by atoms with Crippen molar-refractivity contribution in [2.45, 2.75) is 197 Å². The maximum absolute atomic E-state index is 11.2. The molecule has 24 atom stereocenters. The minimum absolute atomic E-state index is 0.0215. The van der Waals surface area contributed by atoms with E-state index >= 15 is 0 Å². The lowest BCUT2D eigenvalue weighted by Crippen LogP contribution is -2.64. The average Bonchev–Trinajstić information content (AvgIpc) is 3.74. The molecule has 3 saturated heterocycles. The van der Waals surface area contributed by atoms with Gasteiger partial charge in [0.1, 0.15) is 73.2 Å². The summed E-state index contributed by atoms with van der Waals surface area (Å²) in [7, 11) is 0. The van der Waals surface area contributed by atoms with Gasteiger partial charge in [0, 0.05) is 12.3 Å². The predicted molar refractivity (Wildman–Crippen MR) is 216 cm³/mol. The Hall–Kier alpha value is -1.36. The van der Waals surface area contributed by atoms with E-state index in [1.54, 1.807) is 0 Å². The van der Waals surface area contributed by atoms with Crippen molar-refractivity contribution >= 4 is 0 Å². The molecule has 8 rings (SSSR count). The van der Waals surface area contributed by atoms with Gasteiger partial charge >= 0.3 is 0 Å². The molecule has 17 heteroatoms. The lowest BCUT2D eigenvalue weighted by molar-refractivity contribution is -0.369. The Balaban J connectivity index is 0.887. The van der Waals surface area contributed by atoms with Crippen LogP contribution >= 0.6 is 0 Å². The molecule has 0 aromatic heterocycles. The van der Waals surface area contributed by atoms with Crippen LogP contribution in [0.4, 0.5) is 0 Å². The topological polar surface area (TPSA) is 267 Å². The van der Waals surface area contributed by atoms with Crippen molar-refractivity contribution in [2.24, 2.45) is 40.4 Å². The lowest BCUT2D eigenvalue weighted by atomic mass is 9.47. The van der Waals surface area contributed by atoms with Crippen molar-refractivity contribution in [1.29, 1.82) is 0 Å². The van der Waals surface area contributed by atoms with E-state index in [2.05, 4.69) is 33.8 Å². The van der Waals surface area contributed by atoms with Crippen LogP contribution in [0.2, 0.25) is 0 Å². The molecule has 62 heavy (non-hydrogen) atoms. The van der Waals surface area contributed by atoms with Crippen LogP contribution < -0.4 is 0 Å². The van der Waals surface area contributed by atoms with Gasteiger partial charge < -0.3 is 84.2 Å². The Morgan fingerprint density at radius 3 is 2.13 bits per heavy atom. The minimum atomic E-state index is -1.64. The van der Waals surface area contributed by atoms with Gasteiger partial charge in [0.05, 0.1) is 37.8 Å². The standard InChI is InChI=1S/C45H72O17/c1-19(18-56-41-38(54)36(52)33(49)29(16-46)60-41)6-9-27-20(2)31-28(59-27)15-26-24-8-7-22-14-23(10-12-44(22,4)25(24)11-13-45(26,31)5)58-43-40(37(53)34(50)30(17-47)61-43)62-42-39(55)35(51)32(48)21(3)57-42/h7,19,21,23-26,28-43,46-55H,6,8-18H2,1-5H3/t19-,21+,23+,24-,25+,26+,28+,29-,30-,31+,32+,33-,34-,35-,36+,37+,38-,39-,40-,41-,42+,43-,44+,45+/m1/s1. The highest BCUT2D eigenvalue weighted by atomic mass is 16.8. The summed E-state index contributed by atoms with van der Waals surface area (Å²) in [4.78, 5) is 0. The van der Waals surface area contributed by atoms with Gasteiger partial charge in [0.15, 0.2) is 18.9 Å². The van der Waals surface area contributed by atoms with E-state index in [0.29, 0.717) is 36.5 Å². The molecule has 0 unspecified atom stereocenters. The number of hydrogen-bond acceptors (Lipinski definition) is 17. The van der Waals surface area contributed by atoms with E-state index in [-0.39, 0.29) is 35.6 Å². The van der Waals surface area contributed by atoms with E-state index in [0.717, 1.165) is 50.7 Å². The molecule has 0 aromatic rings. The predicted octanol–water partition coefficient (Wildman–Crippen LogP) is 0.118. The van der Waals surface area contributed by atoms with E-state index in [1.807, 2.05) is 0 Å². The lowest BCUT2D eigenvalue weighted by Gasteiger charge is -2.58. The van der Waals surface area contributed by atoms with Gasteiger partial charge in [-0.05, 0) is 105 Å². The summed E-state index contributed by atoms with van der Waals surface area (Å²) < 4.78 is 42.3. The molecule has 0 radical (unpaired) electrons. The van der Waals surface area contributed by atoms with Gasteiger partial charge in [0.25, 0.3) is 0 Å². The molecule has 17 nitrogen and oxygen atoms in total. The molecule has 3 saturated carbocycles. The molecular weight excluding hydrogens is 812 g/mol. The third-order valence-corrected chi connectivity index (χ3v) is 16.8. The Bertz CT molecular complexity index is 1630. The van der Waals surface area contributed by atoms with Crippen molar-refractivity contribution in [3.63, 3.8) is 0 Å². The van der Waals surface area contributed by atoms with Gasteiger partial charge in [-0.3, -0.25) is 0 Å². The fourth-order valence-electron chi connectivity index (χ4n) is 13.0. The highest BCUT2D eigenvalue weighted by molar-refractivity contribution is 5.30. The molecule has 6 fully saturated rings. The van der Waals surface area contributed by atoms with Crippen LogP contribution in [0.25, 0.3) is 0 Å². The number of hydrogen-bond donors (Lipinski definition) is 10. The van der Waals surface area contributed by atoms with E-state index in [9.17, 15) is 51.1 Å². The zero-order valence-electron chi connectivity index (χ0n) is 36.6. The van der Waals surface area contributed by atoms with Crippen molar-refractivity contribution in [2.75, 3.05) is 19.8 Å². The van der Waals surface area contributed by atoms with E-state index < -0.39 is 105 Å². The Morgan fingerprint density at radius 1 is 0.758 bits per heavy atom. The van der Waals surface area contributed by atoms with Crippen LogP contribution in [-0.4, -0.2) is 175 Å². The highest BCUT2D eigenvalue weighted by Crippen LogP contribution is 2.69. The van der Waals surface area contributed by atoms with E-state index in [4.69, 9.17) is 33.2 Å². The summed E-state index contributed by atoms with van der Waals surface area (Å²) in [5.41, 5.74) is 2.78. The van der Waals surface area contributed by atoms with Gasteiger partial charge in [-0.1, -0.05) is 32.4 Å². The highest BCUT2D eigenvalue weighted by Gasteiger charge is 2.64. The van der Waals surface area contributed by atoms with Gasteiger partial charge in [-0.15, -0.1) is 0 Å². The fraction of sp³-hybridized carbons (Fsp3) is 0.911. The second-order valence-corrected chi connectivity index (χ2v) is 20.4. The first kappa shape index (κ1) is 47.1. The van der Waals surface area contributed by atoms with Crippen molar-refractivity contribution < 1.29 is 84.2 Å². The molecule has 4 aliphatic heterocycles. The van der Waals surface area contributed by atoms with Crippen molar-refractivity contribution in [3.05, 3.63) is 23.0 Å². The van der Waals surface area contributed by atoms with Crippen LogP contribution in [-0.2, 0) is 33.2 Å². The van der Waals surface area contributed by atoms with Crippen LogP contribution in [0, 0.1) is 40.4 Å². The Kier molecular flexibility index (Phi) is 14.0. The SMILES string of the molecule is CC1=C(CC[C@@H](C)CO[C@@H]2O[C@H](CO)[C@@H](O)[C@H](O)[C@H]2O)O[C@H]2C[C@H]3[C@@H]4CC=C5C[C@@H](O[C@@H]6O[C@H](CO)[C@@H](O)[C@H](O)[C@H]6O[C@@H]6O[C@@H](C)[C@H](O)[C@@H](O)[C@H]6O)CC[C@]5(C)[C@H]4CC[C@]3(C)[C@@H]12. The second kappa shape index (κ2) is 18.4. The maximum Gasteiger partial charge on any atom is 0.187 e. The molecular formula is C45H72O17. The van der Waals surface area contributed by atoms with Crippen LogP contribution in [0.3, 0.4) is 0 Å². The maximum atomic E-state index is 11.2. The second-order valence-electron chi connectivity index (χ2n) is 20.4. The third-order valence-electron chi connectivity index (χ3n) is 16.8. The Morgan fingerprint density at radius 2 is 1.42 bits per heavy atom. The van der Waals surface area contributed by atoms with Gasteiger partial charge in [-0.2, -0.15) is 0 Å². The first-order valence-corrected chi connectivity index (χ1v) is 23.0. The Labute approximate surface area is 363 Å². The van der Waals surface area contributed by atoms with E-state index in [1.165, 1.54) is 18.1 Å². The first-order chi connectivity index (χ1) is 29.4. The molecule has 0 bridgehead atoms. The quantitative estimate of drug-likeness (QED) is 0.117. The fourth-order valence-corrected chi connectivity index (χ4v) is 13.0. The molecule has 0 aromatic carbocycles. The first-order valence-electron chi connectivity index (χ1n) is 23.0. The monoisotopic (exact) mass is 884 g/mol. The molecule has 4 aliphatic carbocycles. The zero-order valence-corrected chi connectivity index (χ0v) is 36.6. The number of aliphatic hydroxyl groups is 10. The molecule has 10 N–H and O–H groups in total. The summed E-state index contributed by atoms with van der Waals surface area (Å²) in [6.07, 6.45) is -9.89. The molecule has 0 amide bonds. The number of allylic oxidation sites excluding steroid dienone is 2. The summed E-state index contributed by atoms with van der Waals surface area (Å²) >= 11 is 0. The minimum Gasteiger partial charge on any atom is -0.494 e. The van der Waals surface area contributed by atoms with Crippen LogP contribution in [0.5, 0.6) is 0 Å². The molecule has 4 heterocycles. The summed E-state index contributed by atoms with van der Waals surface area (Å²) in [5.74, 6) is 3.04. The molecule has 8 aliphatic rings. The van der Waals surface area contributed by atoms with Gasteiger partial charge in [-0.25, -0.2) is 0 Å². The largest absolute Gasteiger partial charge is 0.494 e. The average molecular weight is 885 g/mol. The van der Waals surface area contributed by atoms with Crippen molar-refractivity contribution in [1.82, 2.24) is 0 Å². The van der Waals surface area contributed by atoms with Crippen LogP contribution in [0.15, 0.2) is 23.0 Å². The third kappa shape index (κ3) is 8.25. The van der Waals surface area contributed by atoms with Crippen LogP contribution in [0.1, 0.15) is 92.4 Å². The smallest absolute Gasteiger partial charge is 0.187 e. The summed E-state index contributed by atoms with van der Waals surface area (Å²) in [6, 6.07) is 0.